The fourth-order valence-electron chi connectivity index (χ4n) is 1.05. The first-order valence-corrected chi connectivity index (χ1v) is 3.25. The number of hydrogen-bond acceptors (Lipinski definition) is 0. The second-order valence-electron chi connectivity index (χ2n) is 3.87. The third kappa shape index (κ3) is 11.9. The predicted molar refractivity (Wildman–Crippen MR) is 48.5 cm³/mol. The van der Waals surface area contributed by atoms with Gasteiger partial charge in [0.2, 0.25) is 0 Å². The molecule has 1 radical (unpaired) electrons. The van der Waals surface area contributed by atoms with Gasteiger partial charge in [-0.2, -0.15) is 0 Å². The molecule has 0 spiro atoms. The molecule has 0 aliphatic rings. The Bertz CT molecular complexity index is 59.5. The van der Waals surface area contributed by atoms with Gasteiger partial charge in [-0.25, -0.2) is 0 Å². The third-order valence-electron chi connectivity index (χ3n) is 0.961. The van der Waals surface area contributed by atoms with Crippen molar-refractivity contribution in [1.29, 1.82) is 0 Å². The van der Waals surface area contributed by atoms with Gasteiger partial charge in [-0.1, -0.05) is 34.6 Å². The molecule has 0 nitrogen and oxygen atoms in total. The minimum atomic E-state index is 0. The van der Waals surface area contributed by atoms with Crippen LogP contribution in [-0.4, -0.2) is 17.4 Å². The monoisotopic (exact) mass is 143 g/mol. The lowest BCUT2D eigenvalue weighted by Crippen LogP contribution is -2.08. The van der Waals surface area contributed by atoms with Crippen LogP contribution in [0.5, 0.6) is 0 Å². The standard InChI is InChI=1S/C8H17.Al.3H/c1-7(2)6-8(3,4)5;;;;/h7H,1,6H2,2-5H3;;;;. The van der Waals surface area contributed by atoms with Crippen LogP contribution in [0.2, 0.25) is 0 Å². The molecule has 0 fully saturated rings. The minimum absolute atomic E-state index is 0. The highest BCUT2D eigenvalue weighted by molar-refractivity contribution is 5.75. The van der Waals surface area contributed by atoms with Gasteiger partial charge in [0.1, 0.15) is 0 Å². The van der Waals surface area contributed by atoms with Crippen LogP contribution in [0.25, 0.3) is 0 Å². The molecule has 0 N–H and O–H groups in total. The highest BCUT2D eigenvalue weighted by atomic mass is 27.0. The van der Waals surface area contributed by atoms with E-state index >= 15 is 0 Å². The van der Waals surface area contributed by atoms with Crippen molar-refractivity contribution < 1.29 is 0 Å². The van der Waals surface area contributed by atoms with E-state index in [0.717, 1.165) is 0 Å². The maximum absolute atomic E-state index is 3.92. The molecule has 0 aromatic carbocycles. The zero-order chi connectivity index (χ0) is 6.78. The fourth-order valence-corrected chi connectivity index (χ4v) is 1.05. The van der Waals surface area contributed by atoms with Gasteiger partial charge < -0.3 is 0 Å². The average molecular weight is 143 g/mol. The molecule has 9 heavy (non-hydrogen) atoms. The Balaban J connectivity index is 0. The van der Waals surface area contributed by atoms with Crippen LogP contribution >= 0.6 is 0 Å². The second kappa shape index (κ2) is 4.36. The first-order valence-electron chi connectivity index (χ1n) is 3.25. The van der Waals surface area contributed by atoms with Gasteiger partial charge in [0.15, 0.2) is 17.4 Å². The lowest BCUT2D eigenvalue weighted by molar-refractivity contribution is 0.335. The molecular formula is C8H20Al. The minimum Gasteiger partial charge on any atom is -0.0625 e. The molecule has 0 aromatic heterocycles. The average Bonchev–Trinajstić information content (AvgIpc) is 1.21. The fraction of sp³-hybridized carbons (Fsp3) is 0.875. The lowest BCUT2D eigenvalue weighted by Gasteiger charge is -2.19. The van der Waals surface area contributed by atoms with Crippen LogP contribution in [0.3, 0.4) is 0 Å². The van der Waals surface area contributed by atoms with E-state index in [2.05, 4.69) is 34.6 Å². The van der Waals surface area contributed by atoms with Gasteiger partial charge in [0.05, 0.1) is 0 Å². The molecule has 0 amide bonds. The van der Waals surface area contributed by atoms with E-state index in [9.17, 15) is 0 Å². The summed E-state index contributed by atoms with van der Waals surface area (Å²) < 4.78 is 0. The smallest absolute Gasteiger partial charge is 0.0625 e. The maximum Gasteiger partial charge on any atom is 0.187 e. The summed E-state index contributed by atoms with van der Waals surface area (Å²) in [4.78, 5) is 0. The van der Waals surface area contributed by atoms with Crippen LogP contribution in [0, 0.1) is 18.3 Å². The van der Waals surface area contributed by atoms with Crippen molar-refractivity contribution in [3.8, 4) is 0 Å². The Labute approximate surface area is 70.2 Å². The molecule has 1 unspecified atom stereocenters. The van der Waals surface area contributed by atoms with Gasteiger partial charge in [-0.15, -0.1) is 0 Å². The second-order valence-corrected chi connectivity index (χ2v) is 3.87. The molecule has 0 rings (SSSR count). The Hall–Kier alpha value is 0.532. The van der Waals surface area contributed by atoms with Crippen molar-refractivity contribution >= 4 is 17.4 Å². The summed E-state index contributed by atoms with van der Waals surface area (Å²) in [6.45, 7) is 12.8. The molecule has 0 aliphatic carbocycles. The summed E-state index contributed by atoms with van der Waals surface area (Å²) in [6, 6.07) is 0. The molecule has 55 valence electrons. The van der Waals surface area contributed by atoms with Crippen LogP contribution in [-0.2, 0) is 0 Å². The molecule has 0 bridgehead atoms. The van der Waals surface area contributed by atoms with Crippen LogP contribution in [0.4, 0.5) is 0 Å². The first-order chi connectivity index (χ1) is 3.42. The van der Waals surface area contributed by atoms with Crippen molar-refractivity contribution in [2.45, 2.75) is 34.1 Å². The summed E-state index contributed by atoms with van der Waals surface area (Å²) in [6.07, 6.45) is 1.22. The Morgan fingerprint density at radius 2 is 1.67 bits per heavy atom. The zero-order valence-corrected chi connectivity index (χ0v) is 6.49. The van der Waals surface area contributed by atoms with Gasteiger partial charge >= 0.3 is 0 Å². The van der Waals surface area contributed by atoms with Crippen molar-refractivity contribution in [3.63, 3.8) is 0 Å². The molecule has 0 aromatic rings. The first kappa shape index (κ1) is 12.2. The normalized spacial score (nSPS) is 11.3. The predicted octanol–water partition coefficient (Wildman–Crippen LogP) is 1.71. The quantitative estimate of drug-likeness (QED) is 0.490. The summed E-state index contributed by atoms with van der Waals surface area (Å²) >= 11 is 0. The van der Waals surface area contributed by atoms with Crippen molar-refractivity contribution in [2.75, 3.05) is 0 Å². The van der Waals surface area contributed by atoms with E-state index < -0.39 is 0 Å². The van der Waals surface area contributed by atoms with Gasteiger partial charge in [0.25, 0.3) is 0 Å². The summed E-state index contributed by atoms with van der Waals surface area (Å²) in [5.41, 5.74) is 0.459. The molecule has 0 saturated carbocycles. The molecule has 0 aliphatic heterocycles. The summed E-state index contributed by atoms with van der Waals surface area (Å²) in [7, 11) is 0. The van der Waals surface area contributed by atoms with Crippen molar-refractivity contribution in [3.05, 3.63) is 6.92 Å². The highest BCUT2D eigenvalue weighted by Crippen LogP contribution is 2.22. The highest BCUT2D eigenvalue weighted by Gasteiger charge is 2.11. The zero-order valence-electron chi connectivity index (χ0n) is 6.49. The number of hydrogen-bond donors (Lipinski definition) is 0. The maximum atomic E-state index is 3.92. The lowest BCUT2D eigenvalue weighted by atomic mass is 9.86. The summed E-state index contributed by atoms with van der Waals surface area (Å²) in [5.74, 6) is 0.593. The molecule has 0 heterocycles. The van der Waals surface area contributed by atoms with Crippen molar-refractivity contribution in [1.82, 2.24) is 0 Å². The van der Waals surface area contributed by atoms with E-state index in [1.54, 1.807) is 0 Å². The Morgan fingerprint density at radius 1 is 1.33 bits per heavy atom. The third-order valence-corrected chi connectivity index (χ3v) is 0.961. The molecular weight excluding hydrogens is 123 g/mol. The van der Waals surface area contributed by atoms with Gasteiger partial charge in [-0.05, 0) is 17.8 Å². The van der Waals surface area contributed by atoms with Crippen molar-refractivity contribution in [2.24, 2.45) is 11.3 Å². The van der Waals surface area contributed by atoms with Crippen LogP contribution in [0.15, 0.2) is 0 Å². The van der Waals surface area contributed by atoms with E-state index in [4.69, 9.17) is 0 Å². The molecule has 0 saturated heterocycles. The number of rotatable bonds is 1. The molecule has 1 heteroatoms. The van der Waals surface area contributed by atoms with E-state index in [1.807, 2.05) is 0 Å². The summed E-state index contributed by atoms with van der Waals surface area (Å²) in [5, 5.41) is 0. The SMILES string of the molecule is [AlH3].[CH2]C(C)CC(C)(C)C. The Morgan fingerprint density at radius 3 is 1.67 bits per heavy atom. The largest absolute Gasteiger partial charge is 0.187 e. The topological polar surface area (TPSA) is 0 Å². The van der Waals surface area contributed by atoms with E-state index in [1.165, 1.54) is 6.42 Å². The van der Waals surface area contributed by atoms with Gasteiger partial charge in [0, 0.05) is 0 Å². The van der Waals surface area contributed by atoms with E-state index in [0.29, 0.717) is 11.3 Å². The Kier molecular flexibility index (Phi) is 5.93. The van der Waals surface area contributed by atoms with E-state index in [-0.39, 0.29) is 17.4 Å². The van der Waals surface area contributed by atoms with Crippen LogP contribution < -0.4 is 0 Å². The van der Waals surface area contributed by atoms with Crippen LogP contribution in [0.1, 0.15) is 34.1 Å². The van der Waals surface area contributed by atoms with Gasteiger partial charge in [-0.3, -0.25) is 0 Å². The molecule has 1 atom stereocenters.